The molecule has 2 aromatic rings. The minimum absolute atomic E-state index is 0.0495. The van der Waals surface area contributed by atoms with Gasteiger partial charge in [0.1, 0.15) is 9.97 Å². The van der Waals surface area contributed by atoms with E-state index >= 15 is 0 Å². The fourth-order valence-electron chi connectivity index (χ4n) is 2.02. The normalized spacial score (nSPS) is 13.5. The van der Waals surface area contributed by atoms with Crippen molar-refractivity contribution in [3.63, 3.8) is 0 Å². The largest absolute Gasteiger partial charge is 0.467 e. The van der Waals surface area contributed by atoms with E-state index in [1.165, 1.54) is 11.3 Å². The Bertz CT molecular complexity index is 689. The first-order chi connectivity index (χ1) is 9.90. The summed E-state index contributed by atoms with van der Waals surface area (Å²) < 4.78 is 32.4. The number of thiophene rings is 1. The standard InChI is InChI=1S/C14H20N2O3S2/c1-10-6-9-19-14(10)12(3)15-7-8-16-21(17,18)13-5-4-11(2)20-13/h4-6,9,12,15-16H,7-8H2,1-3H3/t12-/m1/s1. The summed E-state index contributed by atoms with van der Waals surface area (Å²) in [7, 11) is -3.39. The lowest BCUT2D eigenvalue weighted by Crippen LogP contribution is -2.32. The molecule has 0 aliphatic rings. The van der Waals surface area contributed by atoms with E-state index in [2.05, 4.69) is 10.0 Å². The first-order valence-corrected chi connectivity index (χ1v) is 9.03. The molecule has 2 aromatic heterocycles. The van der Waals surface area contributed by atoms with Crippen LogP contribution in [-0.4, -0.2) is 21.5 Å². The van der Waals surface area contributed by atoms with Gasteiger partial charge in [-0.2, -0.15) is 0 Å². The predicted octanol–water partition coefficient (Wildman–Crippen LogP) is 2.59. The Labute approximate surface area is 129 Å². The summed E-state index contributed by atoms with van der Waals surface area (Å²) in [4.78, 5) is 0.982. The molecule has 0 amide bonds. The van der Waals surface area contributed by atoms with Gasteiger partial charge in [0, 0.05) is 18.0 Å². The van der Waals surface area contributed by atoms with Gasteiger partial charge in [-0.3, -0.25) is 0 Å². The van der Waals surface area contributed by atoms with Crippen molar-refractivity contribution in [1.82, 2.24) is 10.0 Å². The van der Waals surface area contributed by atoms with Gasteiger partial charge < -0.3 is 9.73 Å². The van der Waals surface area contributed by atoms with Crippen molar-refractivity contribution in [2.45, 2.75) is 31.0 Å². The summed E-state index contributed by atoms with van der Waals surface area (Å²) in [5.41, 5.74) is 1.09. The first kappa shape index (κ1) is 16.2. The number of nitrogens with one attached hydrogen (secondary N) is 2. The number of hydrogen-bond donors (Lipinski definition) is 2. The van der Waals surface area contributed by atoms with E-state index in [1.54, 1.807) is 18.4 Å². The topological polar surface area (TPSA) is 71.3 Å². The Morgan fingerprint density at radius 2 is 2.00 bits per heavy atom. The zero-order chi connectivity index (χ0) is 15.5. The van der Waals surface area contributed by atoms with Gasteiger partial charge in [-0.15, -0.1) is 11.3 Å². The molecule has 0 saturated carbocycles. The van der Waals surface area contributed by atoms with Gasteiger partial charge in [-0.25, -0.2) is 13.1 Å². The van der Waals surface area contributed by atoms with Crippen LogP contribution in [0.3, 0.4) is 0 Å². The van der Waals surface area contributed by atoms with Gasteiger partial charge in [0.2, 0.25) is 10.0 Å². The molecule has 0 radical (unpaired) electrons. The van der Waals surface area contributed by atoms with Gasteiger partial charge in [0.15, 0.2) is 0 Å². The maximum Gasteiger partial charge on any atom is 0.250 e. The van der Waals surface area contributed by atoms with Crippen LogP contribution in [0.25, 0.3) is 0 Å². The van der Waals surface area contributed by atoms with Crippen molar-refractivity contribution in [1.29, 1.82) is 0 Å². The van der Waals surface area contributed by atoms with Crippen LogP contribution in [0, 0.1) is 13.8 Å². The number of furan rings is 1. The summed E-state index contributed by atoms with van der Waals surface area (Å²) in [6.07, 6.45) is 1.66. The zero-order valence-corrected chi connectivity index (χ0v) is 14.0. The van der Waals surface area contributed by atoms with E-state index in [9.17, 15) is 8.42 Å². The van der Waals surface area contributed by atoms with Crippen molar-refractivity contribution >= 4 is 21.4 Å². The van der Waals surface area contributed by atoms with Crippen molar-refractivity contribution in [2.24, 2.45) is 0 Å². The fraction of sp³-hybridized carbons (Fsp3) is 0.429. The molecule has 5 nitrogen and oxygen atoms in total. The number of sulfonamides is 1. The van der Waals surface area contributed by atoms with Crippen molar-refractivity contribution in [2.75, 3.05) is 13.1 Å². The minimum atomic E-state index is -3.39. The highest BCUT2D eigenvalue weighted by Gasteiger charge is 2.16. The van der Waals surface area contributed by atoms with Crippen LogP contribution < -0.4 is 10.0 Å². The molecule has 0 saturated heterocycles. The van der Waals surface area contributed by atoms with Crippen molar-refractivity contribution in [3.8, 4) is 0 Å². The lowest BCUT2D eigenvalue weighted by atomic mass is 10.2. The van der Waals surface area contributed by atoms with Crippen LogP contribution in [0.2, 0.25) is 0 Å². The second-order valence-corrected chi connectivity index (χ2v) is 8.19. The van der Waals surface area contributed by atoms with Crippen LogP contribution in [-0.2, 0) is 10.0 Å². The molecule has 0 spiro atoms. The molecular weight excluding hydrogens is 308 g/mol. The molecule has 21 heavy (non-hydrogen) atoms. The maximum absolute atomic E-state index is 12.0. The van der Waals surface area contributed by atoms with E-state index in [0.29, 0.717) is 17.3 Å². The summed E-state index contributed by atoms with van der Waals surface area (Å²) in [5, 5.41) is 3.24. The van der Waals surface area contributed by atoms with Crippen molar-refractivity contribution in [3.05, 3.63) is 40.7 Å². The second-order valence-electron chi connectivity index (χ2n) is 4.91. The average Bonchev–Trinajstić information content (AvgIpc) is 3.03. The van der Waals surface area contributed by atoms with E-state index in [-0.39, 0.29) is 6.04 Å². The molecule has 0 aromatic carbocycles. The third-order valence-corrected chi connectivity index (χ3v) is 6.10. The molecule has 2 N–H and O–H groups in total. The highest BCUT2D eigenvalue weighted by Crippen LogP contribution is 2.20. The van der Waals surface area contributed by atoms with Crippen molar-refractivity contribution < 1.29 is 12.8 Å². The minimum Gasteiger partial charge on any atom is -0.467 e. The fourth-order valence-corrected chi connectivity index (χ4v) is 4.38. The zero-order valence-electron chi connectivity index (χ0n) is 12.3. The van der Waals surface area contributed by atoms with E-state index in [1.807, 2.05) is 26.8 Å². The first-order valence-electron chi connectivity index (χ1n) is 6.73. The Balaban J connectivity index is 1.81. The smallest absolute Gasteiger partial charge is 0.250 e. The molecular formula is C14H20N2O3S2. The van der Waals surface area contributed by atoms with E-state index in [0.717, 1.165) is 16.2 Å². The van der Waals surface area contributed by atoms with Crippen LogP contribution in [0.1, 0.15) is 29.2 Å². The Morgan fingerprint density at radius 3 is 2.57 bits per heavy atom. The molecule has 0 bridgehead atoms. The van der Waals surface area contributed by atoms with Crippen LogP contribution in [0.4, 0.5) is 0 Å². The summed E-state index contributed by atoms with van der Waals surface area (Å²) in [5.74, 6) is 0.881. The lowest BCUT2D eigenvalue weighted by Gasteiger charge is -2.12. The van der Waals surface area contributed by atoms with E-state index < -0.39 is 10.0 Å². The Morgan fingerprint density at radius 1 is 1.24 bits per heavy atom. The predicted molar refractivity (Wildman–Crippen MR) is 84.1 cm³/mol. The van der Waals surface area contributed by atoms with Gasteiger partial charge in [0.25, 0.3) is 0 Å². The number of hydrogen-bond acceptors (Lipinski definition) is 5. The van der Waals surface area contributed by atoms with Gasteiger partial charge in [-0.1, -0.05) is 0 Å². The van der Waals surface area contributed by atoms with Crippen LogP contribution in [0.5, 0.6) is 0 Å². The summed E-state index contributed by atoms with van der Waals surface area (Å²) >= 11 is 1.27. The van der Waals surface area contributed by atoms with Gasteiger partial charge in [-0.05, 0) is 44.5 Å². The molecule has 2 heterocycles. The third kappa shape index (κ3) is 4.16. The monoisotopic (exact) mass is 328 g/mol. The average molecular weight is 328 g/mol. The summed E-state index contributed by atoms with van der Waals surface area (Å²) in [6.45, 7) is 6.73. The third-order valence-electron chi connectivity index (χ3n) is 3.14. The quantitative estimate of drug-likeness (QED) is 0.766. The highest BCUT2D eigenvalue weighted by atomic mass is 32.2. The highest BCUT2D eigenvalue weighted by molar-refractivity contribution is 7.91. The molecule has 0 aliphatic carbocycles. The Kier molecular flexibility index (Phi) is 5.21. The van der Waals surface area contributed by atoms with Crippen LogP contribution in [0.15, 0.2) is 33.1 Å². The molecule has 1 atom stereocenters. The molecule has 0 unspecified atom stereocenters. The molecule has 0 aliphatic heterocycles. The second kappa shape index (κ2) is 6.74. The number of aryl methyl sites for hydroxylation is 2. The molecule has 116 valence electrons. The molecule has 0 fully saturated rings. The lowest BCUT2D eigenvalue weighted by molar-refractivity contribution is 0.429. The molecule has 7 heteroatoms. The SMILES string of the molecule is Cc1ccc(S(=O)(=O)NCCN[C@H](C)c2occc2C)s1. The summed E-state index contributed by atoms with van der Waals surface area (Å²) in [6, 6.07) is 5.40. The number of rotatable bonds is 7. The van der Waals surface area contributed by atoms with Gasteiger partial charge >= 0.3 is 0 Å². The van der Waals surface area contributed by atoms with E-state index in [4.69, 9.17) is 4.42 Å². The Hall–Kier alpha value is -1.15. The van der Waals surface area contributed by atoms with Crippen LogP contribution >= 0.6 is 11.3 Å². The maximum atomic E-state index is 12.0. The molecule has 2 rings (SSSR count). The van der Waals surface area contributed by atoms with Gasteiger partial charge in [0.05, 0.1) is 12.3 Å².